The Labute approximate surface area is 123 Å². The van der Waals surface area contributed by atoms with E-state index < -0.39 is 0 Å². The zero-order valence-electron chi connectivity index (χ0n) is 11.2. The van der Waals surface area contributed by atoms with Crippen LogP contribution in [0.2, 0.25) is 0 Å². The predicted octanol–water partition coefficient (Wildman–Crippen LogP) is 3.99. The first-order valence-corrected chi connectivity index (χ1v) is 7.79. The maximum atomic E-state index is 11.7. The lowest BCUT2D eigenvalue weighted by molar-refractivity contribution is 0.0994. The smallest absolute Gasteiger partial charge is 0.163 e. The molecule has 0 saturated carbocycles. The van der Waals surface area contributed by atoms with Crippen LogP contribution >= 0.6 is 11.8 Å². The maximum Gasteiger partial charge on any atom is 0.163 e. The molecule has 0 saturated heterocycles. The molecule has 2 aromatic carbocycles. The monoisotopic (exact) mass is 284 g/mol. The van der Waals surface area contributed by atoms with Gasteiger partial charge in [-0.3, -0.25) is 4.79 Å². The summed E-state index contributed by atoms with van der Waals surface area (Å²) in [6, 6.07) is 16.1. The van der Waals surface area contributed by atoms with Crippen LogP contribution in [0.25, 0.3) is 0 Å². The molecule has 0 N–H and O–H groups in total. The molecule has 2 nitrogen and oxygen atoms in total. The minimum Gasteiger partial charge on any atom is -0.492 e. The Morgan fingerprint density at radius 2 is 1.85 bits per heavy atom. The summed E-state index contributed by atoms with van der Waals surface area (Å²) in [4.78, 5) is 12.9. The van der Waals surface area contributed by atoms with E-state index in [9.17, 15) is 4.79 Å². The van der Waals surface area contributed by atoms with Crippen LogP contribution in [0.1, 0.15) is 22.3 Å². The summed E-state index contributed by atoms with van der Waals surface area (Å²) in [7, 11) is 0. The molecule has 1 aliphatic carbocycles. The molecule has 2 aromatic rings. The van der Waals surface area contributed by atoms with Gasteiger partial charge in [-0.05, 0) is 24.6 Å². The molecular formula is C17H16O2S. The molecule has 0 aliphatic heterocycles. The van der Waals surface area contributed by atoms with Crippen molar-refractivity contribution in [2.24, 2.45) is 0 Å². The Kier molecular flexibility index (Phi) is 4.07. The average molecular weight is 284 g/mol. The van der Waals surface area contributed by atoms with E-state index in [-0.39, 0.29) is 5.78 Å². The van der Waals surface area contributed by atoms with Crippen molar-refractivity contribution < 1.29 is 9.53 Å². The summed E-state index contributed by atoms with van der Waals surface area (Å²) in [6.45, 7) is 0.657. The lowest BCUT2D eigenvalue weighted by Crippen LogP contribution is -2.02. The number of hydrogen-bond donors (Lipinski definition) is 0. The summed E-state index contributed by atoms with van der Waals surface area (Å²) < 4.78 is 5.85. The zero-order valence-corrected chi connectivity index (χ0v) is 12.0. The summed E-state index contributed by atoms with van der Waals surface area (Å²) in [5, 5.41) is 0. The van der Waals surface area contributed by atoms with Crippen molar-refractivity contribution in [3.05, 3.63) is 59.7 Å². The van der Waals surface area contributed by atoms with E-state index in [1.165, 1.54) is 4.90 Å². The molecule has 1 aliphatic rings. The molecule has 0 spiro atoms. The van der Waals surface area contributed by atoms with Crippen molar-refractivity contribution in [2.45, 2.75) is 17.7 Å². The van der Waals surface area contributed by atoms with Crippen molar-refractivity contribution in [1.82, 2.24) is 0 Å². The SMILES string of the molecule is O=C1CCc2c(OCCSc3ccccc3)cccc21. The Hall–Kier alpha value is -1.74. The number of hydrogen-bond acceptors (Lipinski definition) is 3. The van der Waals surface area contributed by atoms with Crippen LogP contribution in [0.4, 0.5) is 0 Å². The van der Waals surface area contributed by atoms with E-state index >= 15 is 0 Å². The molecular weight excluding hydrogens is 268 g/mol. The number of fused-ring (bicyclic) bond motifs is 1. The fourth-order valence-electron chi connectivity index (χ4n) is 2.42. The third-order valence-electron chi connectivity index (χ3n) is 3.39. The highest BCUT2D eigenvalue weighted by Crippen LogP contribution is 2.30. The fourth-order valence-corrected chi connectivity index (χ4v) is 3.17. The van der Waals surface area contributed by atoms with Gasteiger partial charge in [0.05, 0.1) is 6.61 Å². The van der Waals surface area contributed by atoms with Gasteiger partial charge in [-0.15, -0.1) is 11.8 Å². The summed E-state index contributed by atoms with van der Waals surface area (Å²) in [5.74, 6) is 2.02. The van der Waals surface area contributed by atoms with Gasteiger partial charge in [0, 0.05) is 28.2 Å². The molecule has 0 bridgehead atoms. The molecule has 0 aromatic heterocycles. The van der Waals surface area contributed by atoms with Crippen LogP contribution in [0.3, 0.4) is 0 Å². The first-order valence-electron chi connectivity index (χ1n) is 6.80. The topological polar surface area (TPSA) is 26.3 Å². The Balaban J connectivity index is 1.56. The number of Topliss-reactive ketones (excluding diaryl/α,β-unsaturated/α-hetero) is 1. The number of ether oxygens (including phenoxy) is 1. The summed E-state index contributed by atoms with van der Waals surface area (Å²) >= 11 is 1.78. The van der Waals surface area contributed by atoms with Gasteiger partial charge in [0.2, 0.25) is 0 Å². The maximum absolute atomic E-state index is 11.7. The third kappa shape index (κ3) is 2.88. The molecule has 3 heteroatoms. The predicted molar refractivity (Wildman–Crippen MR) is 81.8 cm³/mol. The molecule has 0 amide bonds. The van der Waals surface area contributed by atoms with E-state index in [1.807, 2.05) is 36.4 Å². The van der Waals surface area contributed by atoms with Crippen LogP contribution in [-0.4, -0.2) is 18.1 Å². The first kappa shape index (κ1) is 13.3. The number of carbonyl (C=O) groups excluding carboxylic acids is 1. The van der Waals surface area contributed by atoms with E-state index in [4.69, 9.17) is 4.74 Å². The van der Waals surface area contributed by atoms with Gasteiger partial charge in [-0.2, -0.15) is 0 Å². The van der Waals surface area contributed by atoms with Gasteiger partial charge >= 0.3 is 0 Å². The Morgan fingerprint density at radius 1 is 1.00 bits per heavy atom. The molecule has 0 heterocycles. The van der Waals surface area contributed by atoms with Crippen LogP contribution in [0.15, 0.2) is 53.4 Å². The normalized spacial score (nSPS) is 13.3. The highest BCUT2D eigenvalue weighted by atomic mass is 32.2. The number of benzene rings is 2. The van der Waals surface area contributed by atoms with Crippen LogP contribution in [-0.2, 0) is 6.42 Å². The first-order chi connectivity index (χ1) is 9.84. The van der Waals surface area contributed by atoms with E-state index in [1.54, 1.807) is 11.8 Å². The van der Waals surface area contributed by atoms with E-state index in [0.717, 1.165) is 29.1 Å². The van der Waals surface area contributed by atoms with Crippen molar-refractivity contribution >= 4 is 17.5 Å². The van der Waals surface area contributed by atoms with Gasteiger partial charge < -0.3 is 4.74 Å². The number of ketones is 1. The quantitative estimate of drug-likeness (QED) is 0.613. The number of thioether (sulfide) groups is 1. The average Bonchev–Trinajstić information content (AvgIpc) is 2.87. The van der Waals surface area contributed by atoms with Gasteiger partial charge in [-0.1, -0.05) is 30.3 Å². The van der Waals surface area contributed by atoms with Crippen LogP contribution < -0.4 is 4.74 Å². The molecule has 0 atom stereocenters. The number of carbonyl (C=O) groups is 1. The van der Waals surface area contributed by atoms with E-state index in [0.29, 0.717) is 13.0 Å². The van der Waals surface area contributed by atoms with Gasteiger partial charge in [0.15, 0.2) is 5.78 Å². The second-order valence-corrected chi connectivity index (χ2v) is 5.88. The van der Waals surface area contributed by atoms with Crippen LogP contribution in [0, 0.1) is 0 Å². The van der Waals surface area contributed by atoms with Gasteiger partial charge in [-0.25, -0.2) is 0 Å². The standard InChI is InChI=1S/C17H16O2S/c18-16-10-9-15-14(16)7-4-8-17(15)19-11-12-20-13-5-2-1-3-6-13/h1-8H,9-12H2. The van der Waals surface area contributed by atoms with Gasteiger partial charge in [0.25, 0.3) is 0 Å². The lowest BCUT2D eigenvalue weighted by atomic mass is 10.1. The van der Waals surface area contributed by atoms with Crippen molar-refractivity contribution in [3.63, 3.8) is 0 Å². The molecule has 102 valence electrons. The molecule has 20 heavy (non-hydrogen) atoms. The Morgan fingerprint density at radius 3 is 2.70 bits per heavy atom. The minimum atomic E-state index is 0.240. The largest absolute Gasteiger partial charge is 0.492 e. The Bertz CT molecular complexity index is 608. The molecule has 0 unspecified atom stereocenters. The third-order valence-corrected chi connectivity index (χ3v) is 4.36. The highest BCUT2D eigenvalue weighted by molar-refractivity contribution is 7.99. The lowest BCUT2D eigenvalue weighted by Gasteiger charge is -2.10. The van der Waals surface area contributed by atoms with Crippen LogP contribution in [0.5, 0.6) is 5.75 Å². The molecule has 0 fully saturated rings. The summed E-state index contributed by atoms with van der Waals surface area (Å²) in [6.07, 6.45) is 1.44. The number of rotatable bonds is 5. The summed E-state index contributed by atoms with van der Waals surface area (Å²) in [5.41, 5.74) is 1.93. The van der Waals surface area contributed by atoms with Gasteiger partial charge in [0.1, 0.15) is 5.75 Å². The molecule has 0 radical (unpaired) electrons. The second kappa shape index (κ2) is 6.14. The zero-order chi connectivity index (χ0) is 13.8. The van der Waals surface area contributed by atoms with Crippen molar-refractivity contribution in [1.29, 1.82) is 0 Å². The van der Waals surface area contributed by atoms with Crippen molar-refractivity contribution in [2.75, 3.05) is 12.4 Å². The highest BCUT2D eigenvalue weighted by Gasteiger charge is 2.22. The fraction of sp³-hybridized carbons (Fsp3) is 0.235. The second-order valence-electron chi connectivity index (χ2n) is 4.72. The minimum absolute atomic E-state index is 0.240. The van der Waals surface area contributed by atoms with Crippen molar-refractivity contribution in [3.8, 4) is 5.75 Å². The van der Waals surface area contributed by atoms with E-state index in [2.05, 4.69) is 12.1 Å². The molecule has 3 rings (SSSR count).